The number of aromatic nitrogens is 3. The molecule has 0 atom stereocenters. The number of hydrogen-bond acceptors (Lipinski definition) is 7. The number of fused-ring (bicyclic) bond motifs is 1. The lowest BCUT2D eigenvalue weighted by Gasteiger charge is -2.31. The Morgan fingerprint density at radius 1 is 1.26 bits per heavy atom. The Morgan fingerprint density at radius 2 is 2.00 bits per heavy atom. The first-order chi connectivity index (χ1) is 12.6. The molecule has 0 unspecified atom stereocenters. The van der Waals surface area contributed by atoms with Gasteiger partial charge in [0.15, 0.2) is 5.82 Å². The van der Waals surface area contributed by atoms with Gasteiger partial charge in [-0.1, -0.05) is 0 Å². The van der Waals surface area contributed by atoms with E-state index in [1.165, 1.54) is 0 Å². The molecule has 1 aliphatic rings. The van der Waals surface area contributed by atoms with Gasteiger partial charge in [0.2, 0.25) is 5.88 Å². The van der Waals surface area contributed by atoms with Gasteiger partial charge in [-0.15, -0.1) is 11.3 Å². The van der Waals surface area contributed by atoms with Crippen molar-refractivity contribution in [2.45, 2.75) is 66.2 Å². The fourth-order valence-electron chi connectivity index (χ4n) is 2.77. The van der Waals surface area contributed by atoms with Crippen LogP contribution in [0.1, 0.15) is 50.9 Å². The fourth-order valence-corrected chi connectivity index (χ4v) is 3.36. The summed E-state index contributed by atoms with van der Waals surface area (Å²) in [5.74, 6) is 1.09. The van der Waals surface area contributed by atoms with E-state index in [1.54, 1.807) is 16.2 Å². The molecule has 1 amide bonds. The lowest BCUT2D eigenvalue weighted by Crippen LogP contribution is -2.40. The Morgan fingerprint density at radius 3 is 2.59 bits per heavy atom. The zero-order valence-electron chi connectivity index (χ0n) is 16.7. The number of hydrogen-bond donors (Lipinski definition) is 0. The topological polar surface area (TPSA) is 77.4 Å². The maximum Gasteiger partial charge on any atom is 0.410 e. The predicted molar refractivity (Wildman–Crippen MR) is 104 cm³/mol. The molecular formula is C19H26N4O3S. The van der Waals surface area contributed by atoms with Crippen LogP contribution in [-0.2, 0) is 17.7 Å². The summed E-state index contributed by atoms with van der Waals surface area (Å²) in [5.41, 5.74) is 1.97. The Bertz CT molecular complexity index is 842. The van der Waals surface area contributed by atoms with Gasteiger partial charge in [-0.05, 0) is 41.5 Å². The van der Waals surface area contributed by atoms with E-state index < -0.39 is 5.60 Å². The highest BCUT2D eigenvalue weighted by atomic mass is 32.1. The van der Waals surface area contributed by atoms with Crippen LogP contribution in [0.4, 0.5) is 4.79 Å². The molecule has 2 aromatic heterocycles. The Kier molecular flexibility index (Phi) is 5.37. The highest BCUT2D eigenvalue weighted by Crippen LogP contribution is 2.30. The number of carbonyl (C=O) groups is 1. The SMILES string of the molecule is Cc1nc(-c2nc3c(c(OC(C)C)n2)CN(C(=O)OC(C)(C)C)CC3)cs1. The van der Waals surface area contributed by atoms with E-state index in [2.05, 4.69) is 9.97 Å². The standard InChI is InChI=1S/C19H26N4O3S/c1-11(2)25-17-13-9-23(18(24)26-19(4,5)6)8-7-14(13)21-16(22-17)15-10-27-12(3)20-15/h10-11H,7-9H2,1-6H3. The lowest BCUT2D eigenvalue weighted by atomic mass is 10.1. The highest BCUT2D eigenvalue weighted by molar-refractivity contribution is 7.09. The molecule has 0 radical (unpaired) electrons. The largest absolute Gasteiger partial charge is 0.475 e. The van der Waals surface area contributed by atoms with Crippen molar-refractivity contribution in [3.63, 3.8) is 0 Å². The molecule has 146 valence electrons. The first kappa shape index (κ1) is 19.5. The van der Waals surface area contributed by atoms with E-state index in [0.717, 1.165) is 22.0 Å². The number of nitrogens with zero attached hydrogens (tertiary/aromatic N) is 4. The van der Waals surface area contributed by atoms with Crippen molar-refractivity contribution >= 4 is 17.4 Å². The van der Waals surface area contributed by atoms with Crippen LogP contribution in [0.15, 0.2) is 5.38 Å². The molecule has 2 aromatic rings. The average molecular weight is 391 g/mol. The molecule has 0 saturated carbocycles. The van der Waals surface area contributed by atoms with Gasteiger partial charge in [-0.2, -0.15) is 4.98 Å². The van der Waals surface area contributed by atoms with Crippen molar-refractivity contribution in [3.05, 3.63) is 21.6 Å². The molecule has 0 N–H and O–H groups in total. The van der Waals surface area contributed by atoms with Gasteiger partial charge in [0, 0.05) is 18.3 Å². The fraction of sp³-hybridized carbons (Fsp3) is 0.579. The van der Waals surface area contributed by atoms with Crippen LogP contribution in [-0.4, -0.2) is 44.2 Å². The van der Waals surface area contributed by atoms with Gasteiger partial charge in [-0.25, -0.2) is 14.8 Å². The zero-order chi connectivity index (χ0) is 19.8. The molecule has 0 aromatic carbocycles. The minimum Gasteiger partial charge on any atom is -0.475 e. The second kappa shape index (κ2) is 7.42. The lowest BCUT2D eigenvalue weighted by molar-refractivity contribution is 0.0220. The molecular weight excluding hydrogens is 364 g/mol. The number of carbonyl (C=O) groups excluding carboxylic acids is 1. The molecule has 0 saturated heterocycles. The van der Waals surface area contributed by atoms with Gasteiger partial charge in [-0.3, -0.25) is 0 Å². The number of aryl methyl sites for hydroxylation is 1. The van der Waals surface area contributed by atoms with E-state index in [1.807, 2.05) is 46.9 Å². The summed E-state index contributed by atoms with van der Waals surface area (Å²) in [5, 5.41) is 2.92. The second-order valence-corrected chi connectivity index (χ2v) is 8.91. The first-order valence-electron chi connectivity index (χ1n) is 9.09. The van der Waals surface area contributed by atoms with E-state index >= 15 is 0 Å². The second-order valence-electron chi connectivity index (χ2n) is 7.85. The summed E-state index contributed by atoms with van der Waals surface area (Å²) in [6, 6.07) is 0. The van der Waals surface area contributed by atoms with Crippen molar-refractivity contribution in [1.29, 1.82) is 0 Å². The molecule has 3 heterocycles. The third kappa shape index (κ3) is 4.74. The van der Waals surface area contributed by atoms with Gasteiger partial charge in [0.25, 0.3) is 0 Å². The third-order valence-corrected chi connectivity index (χ3v) is 4.64. The van der Waals surface area contributed by atoms with Crippen molar-refractivity contribution in [2.24, 2.45) is 0 Å². The summed E-state index contributed by atoms with van der Waals surface area (Å²) in [7, 11) is 0. The van der Waals surface area contributed by atoms with Crippen molar-refractivity contribution in [3.8, 4) is 17.4 Å². The summed E-state index contributed by atoms with van der Waals surface area (Å²) in [4.78, 5) is 27.9. The molecule has 0 spiro atoms. The van der Waals surface area contributed by atoms with Crippen molar-refractivity contribution in [1.82, 2.24) is 19.9 Å². The smallest absolute Gasteiger partial charge is 0.410 e. The highest BCUT2D eigenvalue weighted by Gasteiger charge is 2.30. The average Bonchev–Trinajstić information content (AvgIpc) is 2.98. The third-order valence-electron chi connectivity index (χ3n) is 3.87. The van der Waals surface area contributed by atoms with Crippen LogP contribution in [0.2, 0.25) is 0 Å². The minimum atomic E-state index is -0.530. The van der Waals surface area contributed by atoms with Crippen LogP contribution in [0, 0.1) is 6.92 Å². The van der Waals surface area contributed by atoms with Crippen LogP contribution >= 0.6 is 11.3 Å². The number of rotatable bonds is 3. The number of amides is 1. The van der Waals surface area contributed by atoms with Crippen LogP contribution in [0.5, 0.6) is 5.88 Å². The quantitative estimate of drug-likeness (QED) is 0.789. The molecule has 0 bridgehead atoms. The van der Waals surface area contributed by atoms with Gasteiger partial charge in [0.05, 0.1) is 28.9 Å². The number of ether oxygens (including phenoxy) is 2. The summed E-state index contributed by atoms with van der Waals surface area (Å²) in [6.07, 6.45) is 0.260. The Balaban J connectivity index is 1.93. The molecule has 7 nitrogen and oxygen atoms in total. The zero-order valence-corrected chi connectivity index (χ0v) is 17.5. The van der Waals surface area contributed by atoms with E-state index in [0.29, 0.717) is 31.2 Å². The summed E-state index contributed by atoms with van der Waals surface area (Å²) < 4.78 is 11.5. The normalized spacial score (nSPS) is 14.3. The van der Waals surface area contributed by atoms with Crippen molar-refractivity contribution in [2.75, 3.05) is 6.54 Å². The van der Waals surface area contributed by atoms with E-state index in [9.17, 15) is 4.79 Å². The number of thiazole rings is 1. The Labute approximate surface area is 163 Å². The molecule has 3 rings (SSSR count). The Hall–Kier alpha value is -2.22. The minimum absolute atomic E-state index is 0.0362. The van der Waals surface area contributed by atoms with E-state index in [-0.39, 0.29) is 12.2 Å². The van der Waals surface area contributed by atoms with Crippen LogP contribution < -0.4 is 4.74 Å². The first-order valence-corrected chi connectivity index (χ1v) is 9.97. The monoisotopic (exact) mass is 390 g/mol. The molecule has 8 heteroatoms. The van der Waals surface area contributed by atoms with Crippen molar-refractivity contribution < 1.29 is 14.3 Å². The van der Waals surface area contributed by atoms with Crippen LogP contribution in [0.25, 0.3) is 11.5 Å². The molecule has 27 heavy (non-hydrogen) atoms. The predicted octanol–water partition coefficient (Wildman–Crippen LogP) is 3.99. The molecule has 0 fully saturated rings. The van der Waals surface area contributed by atoms with Crippen LogP contribution in [0.3, 0.4) is 0 Å². The van der Waals surface area contributed by atoms with Gasteiger partial charge in [0.1, 0.15) is 11.3 Å². The summed E-state index contributed by atoms with van der Waals surface area (Å²) in [6.45, 7) is 12.4. The maximum atomic E-state index is 12.5. The molecule has 1 aliphatic heterocycles. The summed E-state index contributed by atoms with van der Waals surface area (Å²) >= 11 is 1.56. The molecule has 0 aliphatic carbocycles. The van der Waals surface area contributed by atoms with E-state index in [4.69, 9.17) is 14.5 Å². The van der Waals surface area contributed by atoms with Gasteiger partial charge >= 0.3 is 6.09 Å². The maximum absolute atomic E-state index is 12.5. The van der Waals surface area contributed by atoms with Gasteiger partial charge < -0.3 is 14.4 Å².